The SMILES string of the molecule is O=C(Cn1cnc2sc3c(c2c1=O)CCCC3)NCCCC(=O)N1CCN(c2ccccn2)CC1. The average molecular weight is 495 g/mol. The number of aromatic nitrogens is 3. The highest BCUT2D eigenvalue weighted by Crippen LogP contribution is 2.33. The quantitative estimate of drug-likeness (QED) is 0.504. The molecule has 10 heteroatoms. The monoisotopic (exact) mass is 494 g/mol. The van der Waals surface area contributed by atoms with Crippen LogP contribution in [-0.2, 0) is 29.0 Å². The number of hydrogen-bond donors (Lipinski definition) is 1. The van der Waals surface area contributed by atoms with E-state index in [1.54, 1.807) is 17.5 Å². The number of thiophene rings is 1. The van der Waals surface area contributed by atoms with Crippen LogP contribution in [0.3, 0.4) is 0 Å². The van der Waals surface area contributed by atoms with Gasteiger partial charge in [-0.05, 0) is 49.8 Å². The first kappa shape index (κ1) is 23.5. The van der Waals surface area contributed by atoms with Gasteiger partial charge in [0.1, 0.15) is 17.2 Å². The van der Waals surface area contributed by atoms with Crippen molar-refractivity contribution in [1.29, 1.82) is 0 Å². The van der Waals surface area contributed by atoms with Crippen LogP contribution in [0.5, 0.6) is 0 Å². The third-order valence-electron chi connectivity index (χ3n) is 6.75. The second-order valence-electron chi connectivity index (χ2n) is 9.08. The van der Waals surface area contributed by atoms with Crippen molar-refractivity contribution < 1.29 is 9.59 Å². The summed E-state index contributed by atoms with van der Waals surface area (Å²) in [5, 5.41) is 3.53. The maximum absolute atomic E-state index is 13.0. The summed E-state index contributed by atoms with van der Waals surface area (Å²) in [6, 6.07) is 5.84. The fourth-order valence-corrected chi connectivity index (χ4v) is 6.08. The van der Waals surface area contributed by atoms with Gasteiger partial charge in [0, 0.05) is 50.2 Å². The molecule has 0 bridgehead atoms. The molecule has 0 saturated carbocycles. The molecule has 2 aliphatic rings. The molecule has 35 heavy (non-hydrogen) atoms. The van der Waals surface area contributed by atoms with E-state index in [-0.39, 0.29) is 23.9 Å². The van der Waals surface area contributed by atoms with Gasteiger partial charge in [-0.3, -0.25) is 19.0 Å². The number of carbonyl (C=O) groups excluding carboxylic acids is 2. The average Bonchev–Trinajstić information content (AvgIpc) is 3.28. The Kier molecular flexibility index (Phi) is 7.08. The van der Waals surface area contributed by atoms with E-state index in [2.05, 4.69) is 20.2 Å². The zero-order chi connectivity index (χ0) is 24.2. The number of pyridine rings is 1. The number of hydrogen-bond acceptors (Lipinski definition) is 7. The van der Waals surface area contributed by atoms with E-state index < -0.39 is 0 Å². The van der Waals surface area contributed by atoms with E-state index in [9.17, 15) is 14.4 Å². The van der Waals surface area contributed by atoms with Crippen LogP contribution in [0.25, 0.3) is 10.2 Å². The molecule has 3 aromatic rings. The lowest BCUT2D eigenvalue weighted by molar-refractivity contribution is -0.131. The first-order valence-electron chi connectivity index (χ1n) is 12.3. The number of aryl methyl sites for hydroxylation is 2. The van der Waals surface area contributed by atoms with Gasteiger partial charge in [-0.2, -0.15) is 0 Å². The fourth-order valence-electron chi connectivity index (χ4n) is 4.86. The lowest BCUT2D eigenvalue weighted by Gasteiger charge is -2.35. The smallest absolute Gasteiger partial charge is 0.262 e. The number of nitrogens with zero attached hydrogens (tertiary/aromatic N) is 5. The Labute approximate surface area is 207 Å². The van der Waals surface area contributed by atoms with Gasteiger partial charge in [-0.25, -0.2) is 9.97 Å². The molecular formula is C25H30N6O3S. The number of fused-ring (bicyclic) bond motifs is 3. The van der Waals surface area contributed by atoms with E-state index >= 15 is 0 Å². The van der Waals surface area contributed by atoms with E-state index in [0.29, 0.717) is 37.9 Å². The zero-order valence-electron chi connectivity index (χ0n) is 19.7. The van der Waals surface area contributed by atoms with Gasteiger partial charge in [-0.1, -0.05) is 6.07 Å². The van der Waals surface area contributed by atoms with Crippen LogP contribution in [0.1, 0.15) is 36.1 Å². The number of piperazine rings is 1. The normalized spacial score (nSPS) is 15.8. The van der Waals surface area contributed by atoms with Crippen molar-refractivity contribution in [3.05, 3.63) is 51.5 Å². The van der Waals surface area contributed by atoms with Crippen molar-refractivity contribution >= 4 is 39.2 Å². The van der Waals surface area contributed by atoms with Crippen molar-refractivity contribution in [2.24, 2.45) is 0 Å². The van der Waals surface area contributed by atoms with Crippen LogP contribution in [0, 0.1) is 0 Å². The van der Waals surface area contributed by atoms with Crippen LogP contribution in [0.2, 0.25) is 0 Å². The number of rotatable bonds is 7. The summed E-state index contributed by atoms with van der Waals surface area (Å²) in [7, 11) is 0. The highest BCUT2D eigenvalue weighted by molar-refractivity contribution is 7.18. The minimum atomic E-state index is -0.242. The number of anilines is 1. The first-order valence-corrected chi connectivity index (χ1v) is 13.1. The van der Waals surface area contributed by atoms with Gasteiger partial charge < -0.3 is 15.1 Å². The molecule has 1 fully saturated rings. The molecule has 184 valence electrons. The summed E-state index contributed by atoms with van der Waals surface area (Å²) in [5.74, 6) is 0.802. The van der Waals surface area contributed by atoms with E-state index in [1.807, 2.05) is 23.1 Å². The Morgan fingerprint density at radius 1 is 1.06 bits per heavy atom. The van der Waals surface area contributed by atoms with Crippen molar-refractivity contribution in [2.45, 2.75) is 45.1 Å². The first-order chi connectivity index (χ1) is 17.1. The largest absolute Gasteiger partial charge is 0.355 e. The number of nitrogens with one attached hydrogen (secondary N) is 1. The summed E-state index contributed by atoms with van der Waals surface area (Å²) in [5.41, 5.74) is 0.993. The topological polar surface area (TPSA) is 100 Å². The molecule has 0 aromatic carbocycles. The molecule has 0 atom stereocenters. The molecule has 5 rings (SSSR count). The molecule has 0 radical (unpaired) electrons. The highest BCUT2D eigenvalue weighted by Gasteiger charge is 2.22. The Bertz CT molecular complexity index is 1260. The van der Waals surface area contributed by atoms with Gasteiger partial charge in [0.15, 0.2) is 0 Å². The molecular weight excluding hydrogens is 464 g/mol. The molecule has 3 aromatic heterocycles. The summed E-state index contributed by atoms with van der Waals surface area (Å²) in [4.78, 5) is 52.9. The maximum atomic E-state index is 13.0. The van der Waals surface area contributed by atoms with E-state index in [1.165, 1.54) is 15.8 Å². The third kappa shape index (κ3) is 5.22. The van der Waals surface area contributed by atoms with Gasteiger partial charge in [0.25, 0.3) is 5.56 Å². The predicted molar refractivity (Wildman–Crippen MR) is 136 cm³/mol. The van der Waals surface area contributed by atoms with Crippen LogP contribution in [0.15, 0.2) is 35.5 Å². The molecule has 2 amide bonds. The minimum Gasteiger partial charge on any atom is -0.355 e. The molecule has 9 nitrogen and oxygen atoms in total. The van der Waals surface area contributed by atoms with Gasteiger partial charge >= 0.3 is 0 Å². The molecule has 4 heterocycles. The number of amides is 2. The standard InChI is InChI=1S/C25H30N6O3S/c32-21(16-31-17-28-24-23(25(31)34)18-6-1-2-7-19(18)35-24)27-11-5-9-22(33)30-14-12-29(13-15-30)20-8-3-4-10-26-20/h3-4,8,10,17H,1-2,5-7,9,11-16H2,(H,27,32). The summed E-state index contributed by atoms with van der Waals surface area (Å²) >= 11 is 1.60. The molecule has 1 N–H and O–H groups in total. The zero-order valence-corrected chi connectivity index (χ0v) is 20.6. The lowest BCUT2D eigenvalue weighted by atomic mass is 9.97. The highest BCUT2D eigenvalue weighted by atomic mass is 32.1. The Morgan fingerprint density at radius 3 is 2.69 bits per heavy atom. The van der Waals surface area contributed by atoms with Gasteiger partial charge in [0.05, 0.1) is 11.7 Å². The number of carbonyl (C=O) groups is 2. The molecule has 1 saturated heterocycles. The molecule has 0 unspecified atom stereocenters. The predicted octanol–water partition coefficient (Wildman–Crippen LogP) is 1.98. The molecule has 1 aliphatic heterocycles. The van der Waals surface area contributed by atoms with Crippen LogP contribution >= 0.6 is 11.3 Å². The Balaban J connectivity index is 1.07. The van der Waals surface area contributed by atoms with E-state index in [0.717, 1.165) is 55.0 Å². The van der Waals surface area contributed by atoms with Crippen molar-refractivity contribution in [3.63, 3.8) is 0 Å². The van der Waals surface area contributed by atoms with Crippen LogP contribution in [-0.4, -0.2) is 64.0 Å². The van der Waals surface area contributed by atoms with Crippen molar-refractivity contribution in [1.82, 2.24) is 24.8 Å². The Morgan fingerprint density at radius 2 is 1.89 bits per heavy atom. The van der Waals surface area contributed by atoms with Crippen LogP contribution in [0.4, 0.5) is 5.82 Å². The van der Waals surface area contributed by atoms with Crippen molar-refractivity contribution in [2.75, 3.05) is 37.6 Å². The minimum absolute atomic E-state index is 0.0597. The second-order valence-corrected chi connectivity index (χ2v) is 10.2. The third-order valence-corrected chi connectivity index (χ3v) is 7.95. The summed E-state index contributed by atoms with van der Waals surface area (Å²) in [6.07, 6.45) is 8.37. The summed E-state index contributed by atoms with van der Waals surface area (Å²) < 4.78 is 1.39. The van der Waals surface area contributed by atoms with Crippen molar-refractivity contribution in [3.8, 4) is 0 Å². The molecule has 1 aliphatic carbocycles. The van der Waals surface area contributed by atoms with Gasteiger partial charge in [0.2, 0.25) is 11.8 Å². The second kappa shape index (κ2) is 10.6. The maximum Gasteiger partial charge on any atom is 0.262 e. The lowest BCUT2D eigenvalue weighted by Crippen LogP contribution is -2.49. The molecule has 0 spiro atoms. The Hall–Kier alpha value is -3.27. The summed E-state index contributed by atoms with van der Waals surface area (Å²) in [6.45, 7) is 3.21. The van der Waals surface area contributed by atoms with Gasteiger partial charge in [-0.15, -0.1) is 11.3 Å². The van der Waals surface area contributed by atoms with Crippen LogP contribution < -0.4 is 15.8 Å². The fraction of sp³-hybridized carbons (Fsp3) is 0.480. The van der Waals surface area contributed by atoms with E-state index in [4.69, 9.17) is 0 Å².